The lowest BCUT2D eigenvalue weighted by molar-refractivity contribution is 0.0701. The Kier molecular flexibility index (Phi) is 4.42. The summed E-state index contributed by atoms with van der Waals surface area (Å²) in [5.41, 5.74) is -0.111. The average Bonchev–Trinajstić information content (AvgIpc) is 2.26. The Balaban J connectivity index is 1.76. The molecule has 0 amide bonds. The lowest BCUT2D eigenvalue weighted by atomic mass is 9.83. The van der Waals surface area contributed by atoms with Gasteiger partial charge in [-0.1, -0.05) is 19.3 Å². The topological polar surface area (TPSA) is 26.3 Å². The van der Waals surface area contributed by atoms with Crippen molar-refractivity contribution in [2.45, 2.75) is 25.7 Å². The van der Waals surface area contributed by atoms with Gasteiger partial charge in [-0.3, -0.25) is 4.79 Å². The van der Waals surface area contributed by atoms with E-state index >= 15 is 0 Å². The molecule has 1 aromatic carbocycles. The van der Waals surface area contributed by atoms with E-state index < -0.39 is 17.4 Å². The minimum atomic E-state index is -0.831. The number of carbonyl (C=O) groups is 1. The zero-order chi connectivity index (χ0) is 13.0. The van der Waals surface area contributed by atoms with Gasteiger partial charge in [0.25, 0.3) is 0 Å². The summed E-state index contributed by atoms with van der Waals surface area (Å²) < 4.78 is 31.2. The van der Waals surface area contributed by atoms with Crippen LogP contribution in [-0.2, 0) is 4.74 Å². The Hall–Kier alpha value is -1.29. The lowest BCUT2D eigenvalue weighted by Crippen LogP contribution is -2.16. The number of hydrogen-bond acceptors (Lipinski definition) is 2. The Morgan fingerprint density at radius 2 is 2.11 bits per heavy atom. The SMILES string of the molecule is O=C(COCCC1CCC1)c1ccc(F)cc1F. The van der Waals surface area contributed by atoms with Crippen molar-refractivity contribution >= 4 is 5.78 Å². The Morgan fingerprint density at radius 3 is 2.72 bits per heavy atom. The molecule has 0 atom stereocenters. The van der Waals surface area contributed by atoms with E-state index in [0.29, 0.717) is 12.7 Å². The highest BCUT2D eigenvalue weighted by molar-refractivity contribution is 5.97. The zero-order valence-electron chi connectivity index (χ0n) is 10.1. The van der Waals surface area contributed by atoms with E-state index in [9.17, 15) is 13.6 Å². The van der Waals surface area contributed by atoms with Crippen LogP contribution in [0.25, 0.3) is 0 Å². The molecule has 0 unspecified atom stereocenters. The van der Waals surface area contributed by atoms with Gasteiger partial charge in [-0.05, 0) is 24.5 Å². The van der Waals surface area contributed by atoms with Crippen LogP contribution in [0, 0.1) is 17.6 Å². The molecule has 1 saturated carbocycles. The first-order valence-electron chi connectivity index (χ1n) is 6.23. The van der Waals surface area contributed by atoms with E-state index in [1.807, 2.05) is 0 Å². The molecule has 1 aliphatic carbocycles. The van der Waals surface area contributed by atoms with Crippen LogP contribution in [0.2, 0.25) is 0 Å². The maximum Gasteiger partial charge on any atom is 0.191 e. The van der Waals surface area contributed by atoms with Crippen LogP contribution < -0.4 is 0 Å². The molecule has 0 saturated heterocycles. The van der Waals surface area contributed by atoms with Crippen LogP contribution >= 0.6 is 0 Å². The van der Waals surface area contributed by atoms with Gasteiger partial charge < -0.3 is 4.74 Å². The predicted octanol–water partition coefficient (Wildman–Crippen LogP) is 3.35. The van der Waals surface area contributed by atoms with E-state index in [4.69, 9.17) is 4.74 Å². The Labute approximate surface area is 105 Å². The molecule has 2 rings (SSSR count). The highest BCUT2D eigenvalue weighted by Gasteiger charge is 2.17. The van der Waals surface area contributed by atoms with Gasteiger partial charge >= 0.3 is 0 Å². The Bertz CT molecular complexity index is 428. The highest BCUT2D eigenvalue weighted by atomic mass is 19.1. The van der Waals surface area contributed by atoms with Gasteiger partial charge in [-0.25, -0.2) is 8.78 Å². The van der Waals surface area contributed by atoms with Crippen molar-refractivity contribution in [1.82, 2.24) is 0 Å². The van der Waals surface area contributed by atoms with Crippen LogP contribution in [0.15, 0.2) is 18.2 Å². The summed E-state index contributed by atoms with van der Waals surface area (Å²) in [5, 5.41) is 0. The van der Waals surface area contributed by atoms with E-state index in [2.05, 4.69) is 0 Å². The van der Waals surface area contributed by atoms with Crippen molar-refractivity contribution in [2.75, 3.05) is 13.2 Å². The van der Waals surface area contributed by atoms with Crippen molar-refractivity contribution in [3.63, 3.8) is 0 Å². The van der Waals surface area contributed by atoms with Gasteiger partial charge in [0, 0.05) is 12.7 Å². The molecule has 0 aromatic heterocycles. The third-order valence-corrected chi connectivity index (χ3v) is 3.36. The highest BCUT2D eigenvalue weighted by Crippen LogP contribution is 2.29. The van der Waals surface area contributed by atoms with Crippen LogP contribution in [0.5, 0.6) is 0 Å². The molecule has 4 heteroatoms. The van der Waals surface area contributed by atoms with E-state index in [-0.39, 0.29) is 12.2 Å². The molecule has 1 aromatic rings. The number of Topliss-reactive ketones (excluding diaryl/α,β-unsaturated/α-hetero) is 1. The van der Waals surface area contributed by atoms with Crippen LogP contribution in [-0.4, -0.2) is 19.0 Å². The number of hydrogen-bond donors (Lipinski definition) is 0. The normalized spacial score (nSPS) is 15.4. The molecule has 0 aliphatic heterocycles. The zero-order valence-corrected chi connectivity index (χ0v) is 10.1. The van der Waals surface area contributed by atoms with Gasteiger partial charge in [0.1, 0.15) is 18.2 Å². The third-order valence-electron chi connectivity index (χ3n) is 3.36. The lowest BCUT2D eigenvalue weighted by Gasteiger charge is -2.24. The standard InChI is InChI=1S/C14H16F2O2/c15-11-4-5-12(13(16)8-11)14(17)9-18-7-6-10-2-1-3-10/h4-5,8,10H,1-3,6-7,9H2. The molecule has 0 radical (unpaired) electrons. The second-order valence-electron chi connectivity index (χ2n) is 4.69. The summed E-state index contributed by atoms with van der Waals surface area (Å²) in [5.74, 6) is -1.23. The van der Waals surface area contributed by atoms with Crippen LogP contribution in [0.3, 0.4) is 0 Å². The second-order valence-corrected chi connectivity index (χ2v) is 4.69. The van der Waals surface area contributed by atoms with Gasteiger partial charge in [-0.15, -0.1) is 0 Å². The Morgan fingerprint density at radius 1 is 1.33 bits per heavy atom. The molecule has 1 aliphatic rings. The molecular weight excluding hydrogens is 238 g/mol. The van der Waals surface area contributed by atoms with Crippen LogP contribution in [0.1, 0.15) is 36.0 Å². The van der Waals surface area contributed by atoms with Gasteiger partial charge in [0.15, 0.2) is 5.78 Å². The minimum Gasteiger partial charge on any atom is -0.373 e. The van der Waals surface area contributed by atoms with E-state index in [1.165, 1.54) is 19.3 Å². The van der Waals surface area contributed by atoms with E-state index in [1.54, 1.807) is 0 Å². The maximum absolute atomic E-state index is 13.3. The molecule has 18 heavy (non-hydrogen) atoms. The minimum absolute atomic E-state index is 0.111. The van der Waals surface area contributed by atoms with E-state index in [0.717, 1.165) is 24.5 Å². The fourth-order valence-electron chi connectivity index (χ4n) is 1.99. The van der Waals surface area contributed by atoms with Crippen LogP contribution in [0.4, 0.5) is 8.78 Å². The average molecular weight is 254 g/mol. The largest absolute Gasteiger partial charge is 0.373 e. The quantitative estimate of drug-likeness (QED) is 0.575. The number of ketones is 1. The molecule has 2 nitrogen and oxygen atoms in total. The smallest absolute Gasteiger partial charge is 0.191 e. The number of ether oxygens (including phenoxy) is 1. The molecule has 0 bridgehead atoms. The van der Waals surface area contributed by atoms with Crippen molar-refractivity contribution in [2.24, 2.45) is 5.92 Å². The molecular formula is C14H16F2O2. The molecule has 1 fully saturated rings. The third kappa shape index (κ3) is 3.35. The van der Waals surface area contributed by atoms with Gasteiger partial charge in [0.2, 0.25) is 0 Å². The first-order chi connectivity index (χ1) is 8.66. The fraction of sp³-hybridized carbons (Fsp3) is 0.500. The molecule has 98 valence electrons. The first kappa shape index (κ1) is 13.1. The molecule has 0 spiro atoms. The second kappa shape index (κ2) is 6.05. The fourth-order valence-corrected chi connectivity index (χ4v) is 1.99. The molecule has 0 heterocycles. The number of rotatable bonds is 6. The van der Waals surface area contributed by atoms with Crippen molar-refractivity contribution in [3.05, 3.63) is 35.4 Å². The summed E-state index contributed by atoms with van der Waals surface area (Å²) in [6, 6.07) is 2.94. The monoisotopic (exact) mass is 254 g/mol. The van der Waals surface area contributed by atoms with Crippen molar-refractivity contribution < 1.29 is 18.3 Å². The summed E-state index contributed by atoms with van der Waals surface area (Å²) in [7, 11) is 0. The number of halogens is 2. The maximum atomic E-state index is 13.3. The summed E-state index contributed by atoms with van der Waals surface area (Å²) in [6.45, 7) is 0.383. The van der Waals surface area contributed by atoms with Crippen molar-refractivity contribution in [3.8, 4) is 0 Å². The van der Waals surface area contributed by atoms with Gasteiger partial charge in [0.05, 0.1) is 5.56 Å². The van der Waals surface area contributed by atoms with Gasteiger partial charge in [-0.2, -0.15) is 0 Å². The molecule has 0 N–H and O–H groups in total. The first-order valence-corrected chi connectivity index (χ1v) is 6.23. The van der Waals surface area contributed by atoms with Crippen molar-refractivity contribution in [1.29, 1.82) is 0 Å². The summed E-state index contributed by atoms with van der Waals surface area (Å²) in [6.07, 6.45) is 4.72. The summed E-state index contributed by atoms with van der Waals surface area (Å²) >= 11 is 0. The number of carbonyl (C=O) groups excluding carboxylic acids is 1. The number of benzene rings is 1. The predicted molar refractivity (Wildman–Crippen MR) is 63.5 cm³/mol. The summed E-state index contributed by atoms with van der Waals surface area (Å²) in [4.78, 5) is 11.6.